The summed E-state index contributed by atoms with van der Waals surface area (Å²) in [5, 5.41) is 0.547. The number of benzene rings is 1. The third kappa shape index (κ3) is 3.33. The molecule has 1 aromatic carbocycles. The van der Waals surface area contributed by atoms with E-state index < -0.39 is 0 Å². The fraction of sp³-hybridized carbons (Fsp3) is 0.267. The summed E-state index contributed by atoms with van der Waals surface area (Å²) in [6, 6.07) is 3.42. The molecular weight excluding hydrogens is 276 g/mol. The van der Waals surface area contributed by atoms with Crippen LogP contribution in [0.15, 0.2) is 24.5 Å². The van der Waals surface area contributed by atoms with Gasteiger partial charge in [-0.3, -0.25) is 4.79 Å². The first-order valence-electron chi connectivity index (χ1n) is 6.23. The summed E-state index contributed by atoms with van der Waals surface area (Å²) in [6.45, 7) is 1.85. The molecule has 0 saturated heterocycles. The second-order valence-electron chi connectivity index (χ2n) is 4.45. The van der Waals surface area contributed by atoms with Gasteiger partial charge in [-0.1, -0.05) is 11.6 Å². The topological polar surface area (TPSA) is 52.1 Å². The van der Waals surface area contributed by atoms with E-state index >= 15 is 0 Å². The third-order valence-corrected chi connectivity index (χ3v) is 3.44. The SMILES string of the molecule is COc1cc(C=O)cc(CCc2cnc(C)nc2)c1Cl. The summed E-state index contributed by atoms with van der Waals surface area (Å²) in [6.07, 6.45) is 5.85. The molecule has 0 aliphatic carbocycles. The second kappa shape index (κ2) is 6.48. The van der Waals surface area contributed by atoms with Crippen LogP contribution in [-0.4, -0.2) is 23.4 Å². The van der Waals surface area contributed by atoms with Gasteiger partial charge in [0.2, 0.25) is 0 Å². The Morgan fingerprint density at radius 2 is 1.95 bits per heavy atom. The molecule has 1 heterocycles. The van der Waals surface area contributed by atoms with Gasteiger partial charge in [-0.05, 0) is 43.0 Å². The van der Waals surface area contributed by atoms with Gasteiger partial charge in [0.25, 0.3) is 0 Å². The Labute approximate surface area is 122 Å². The van der Waals surface area contributed by atoms with Crippen LogP contribution in [0.1, 0.15) is 27.3 Å². The number of ether oxygens (including phenoxy) is 1. The van der Waals surface area contributed by atoms with Gasteiger partial charge < -0.3 is 4.74 Å². The maximum Gasteiger partial charge on any atom is 0.150 e. The monoisotopic (exact) mass is 290 g/mol. The van der Waals surface area contributed by atoms with E-state index in [1.165, 1.54) is 7.11 Å². The molecule has 2 aromatic rings. The van der Waals surface area contributed by atoms with Gasteiger partial charge in [-0.25, -0.2) is 9.97 Å². The molecule has 0 amide bonds. The van der Waals surface area contributed by atoms with Crippen LogP contribution in [0.5, 0.6) is 5.75 Å². The fourth-order valence-corrected chi connectivity index (χ4v) is 2.19. The molecule has 0 bridgehead atoms. The summed E-state index contributed by atoms with van der Waals surface area (Å²) in [5.41, 5.74) is 2.47. The van der Waals surface area contributed by atoms with Crippen LogP contribution in [0, 0.1) is 6.92 Å². The molecule has 0 unspecified atom stereocenters. The van der Waals surface area contributed by atoms with Crippen LogP contribution in [0.25, 0.3) is 0 Å². The van der Waals surface area contributed by atoms with E-state index in [-0.39, 0.29) is 0 Å². The predicted molar refractivity (Wildman–Crippen MR) is 77.6 cm³/mol. The molecule has 0 N–H and O–H groups in total. The minimum absolute atomic E-state index is 0.520. The normalized spacial score (nSPS) is 10.3. The maximum atomic E-state index is 10.9. The standard InChI is InChI=1S/C15H15ClN2O2/c1-10-17-7-11(8-18-10)3-4-13-5-12(9-19)6-14(20-2)15(13)16/h5-9H,3-4H2,1-2H3. The maximum absolute atomic E-state index is 10.9. The third-order valence-electron chi connectivity index (χ3n) is 3.01. The van der Waals surface area contributed by atoms with Crippen molar-refractivity contribution in [3.8, 4) is 5.75 Å². The van der Waals surface area contributed by atoms with Crippen molar-refractivity contribution < 1.29 is 9.53 Å². The van der Waals surface area contributed by atoms with E-state index in [4.69, 9.17) is 16.3 Å². The van der Waals surface area contributed by atoms with E-state index in [0.29, 0.717) is 22.8 Å². The van der Waals surface area contributed by atoms with Crippen molar-refractivity contribution in [1.82, 2.24) is 9.97 Å². The van der Waals surface area contributed by atoms with Crippen molar-refractivity contribution in [1.29, 1.82) is 0 Å². The quantitative estimate of drug-likeness (QED) is 0.794. The van der Waals surface area contributed by atoms with Crippen LogP contribution in [-0.2, 0) is 12.8 Å². The Morgan fingerprint density at radius 1 is 1.25 bits per heavy atom. The number of rotatable bonds is 5. The lowest BCUT2D eigenvalue weighted by molar-refractivity contribution is 0.112. The summed E-state index contributed by atoms with van der Waals surface area (Å²) >= 11 is 6.26. The van der Waals surface area contributed by atoms with Crippen molar-refractivity contribution in [2.45, 2.75) is 19.8 Å². The second-order valence-corrected chi connectivity index (χ2v) is 4.83. The van der Waals surface area contributed by atoms with E-state index in [0.717, 1.165) is 29.7 Å². The Bertz CT molecular complexity index is 612. The zero-order valence-corrected chi connectivity index (χ0v) is 12.1. The lowest BCUT2D eigenvalue weighted by atomic mass is 10.0. The highest BCUT2D eigenvalue weighted by Crippen LogP contribution is 2.30. The number of carbonyl (C=O) groups is 1. The van der Waals surface area contributed by atoms with Crippen LogP contribution in [0.3, 0.4) is 0 Å². The van der Waals surface area contributed by atoms with Crippen LogP contribution in [0.4, 0.5) is 0 Å². The Hall–Kier alpha value is -1.94. The van der Waals surface area contributed by atoms with Crippen molar-refractivity contribution in [3.05, 3.63) is 52.1 Å². The van der Waals surface area contributed by atoms with E-state index in [2.05, 4.69) is 9.97 Å². The molecule has 20 heavy (non-hydrogen) atoms. The predicted octanol–water partition coefficient (Wildman–Crippen LogP) is 3.04. The smallest absolute Gasteiger partial charge is 0.150 e. The van der Waals surface area contributed by atoms with Crippen molar-refractivity contribution in [2.75, 3.05) is 7.11 Å². The number of hydrogen-bond donors (Lipinski definition) is 0. The lowest BCUT2D eigenvalue weighted by Crippen LogP contribution is -1.98. The van der Waals surface area contributed by atoms with Crippen molar-refractivity contribution >= 4 is 17.9 Å². The van der Waals surface area contributed by atoms with E-state index in [1.54, 1.807) is 24.5 Å². The zero-order chi connectivity index (χ0) is 14.5. The molecule has 2 rings (SSSR count). The molecular formula is C15H15ClN2O2. The van der Waals surface area contributed by atoms with Gasteiger partial charge in [0.1, 0.15) is 17.9 Å². The van der Waals surface area contributed by atoms with Gasteiger partial charge in [0.05, 0.1) is 12.1 Å². The molecule has 5 heteroatoms. The molecule has 0 atom stereocenters. The Morgan fingerprint density at radius 3 is 2.55 bits per heavy atom. The number of aldehydes is 1. The first-order valence-corrected chi connectivity index (χ1v) is 6.61. The van der Waals surface area contributed by atoms with Gasteiger partial charge in [0.15, 0.2) is 0 Å². The van der Waals surface area contributed by atoms with Crippen LogP contribution < -0.4 is 4.74 Å². The van der Waals surface area contributed by atoms with Gasteiger partial charge in [-0.15, -0.1) is 0 Å². The summed E-state index contributed by atoms with van der Waals surface area (Å²) in [7, 11) is 1.54. The average Bonchev–Trinajstić information content (AvgIpc) is 2.48. The number of carbonyl (C=O) groups excluding carboxylic acids is 1. The van der Waals surface area contributed by atoms with Gasteiger partial charge >= 0.3 is 0 Å². The van der Waals surface area contributed by atoms with Crippen LogP contribution >= 0.6 is 11.6 Å². The number of aromatic nitrogens is 2. The summed E-state index contributed by atoms with van der Waals surface area (Å²) in [5.74, 6) is 1.27. The largest absolute Gasteiger partial charge is 0.495 e. The Kier molecular flexibility index (Phi) is 4.69. The highest BCUT2D eigenvalue weighted by atomic mass is 35.5. The Balaban J connectivity index is 2.20. The number of hydrogen-bond acceptors (Lipinski definition) is 4. The molecule has 0 aliphatic rings. The summed E-state index contributed by atoms with van der Waals surface area (Å²) in [4.78, 5) is 19.2. The lowest BCUT2D eigenvalue weighted by Gasteiger charge is -2.10. The van der Waals surface area contributed by atoms with Crippen molar-refractivity contribution in [3.63, 3.8) is 0 Å². The number of aryl methyl sites for hydroxylation is 3. The van der Waals surface area contributed by atoms with Gasteiger partial charge in [0, 0.05) is 18.0 Å². The number of halogens is 1. The number of nitrogens with zero attached hydrogens (tertiary/aromatic N) is 2. The molecule has 0 fully saturated rings. The molecule has 0 aliphatic heterocycles. The molecule has 4 nitrogen and oxygen atoms in total. The molecule has 1 aromatic heterocycles. The first kappa shape index (κ1) is 14.5. The fourth-order valence-electron chi connectivity index (χ4n) is 1.91. The molecule has 0 radical (unpaired) electrons. The van der Waals surface area contributed by atoms with Crippen molar-refractivity contribution in [2.24, 2.45) is 0 Å². The zero-order valence-electron chi connectivity index (χ0n) is 11.4. The minimum Gasteiger partial charge on any atom is -0.495 e. The highest BCUT2D eigenvalue weighted by Gasteiger charge is 2.10. The molecule has 104 valence electrons. The van der Waals surface area contributed by atoms with E-state index in [9.17, 15) is 4.79 Å². The number of methoxy groups -OCH3 is 1. The molecule has 0 spiro atoms. The average molecular weight is 291 g/mol. The van der Waals surface area contributed by atoms with Gasteiger partial charge in [-0.2, -0.15) is 0 Å². The highest BCUT2D eigenvalue weighted by molar-refractivity contribution is 6.33. The minimum atomic E-state index is 0.520. The van der Waals surface area contributed by atoms with E-state index in [1.807, 2.05) is 6.92 Å². The molecule has 0 saturated carbocycles. The first-order chi connectivity index (χ1) is 9.63. The van der Waals surface area contributed by atoms with Crippen LogP contribution in [0.2, 0.25) is 5.02 Å². The summed E-state index contributed by atoms with van der Waals surface area (Å²) < 4.78 is 5.18.